The van der Waals surface area contributed by atoms with Crippen molar-refractivity contribution in [3.8, 4) is 0 Å². The van der Waals surface area contributed by atoms with Crippen molar-refractivity contribution in [2.24, 2.45) is 0 Å². The molecule has 0 spiro atoms. The maximum Gasteiger partial charge on any atom is 0.261 e. The highest BCUT2D eigenvalue weighted by atomic mass is 32.2. The first-order valence-electron chi connectivity index (χ1n) is 9.48. The number of hydrogen-bond donors (Lipinski definition) is 2. The van der Waals surface area contributed by atoms with Gasteiger partial charge in [0.25, 0.3) is 15.9 Å². The number of carbonyl (C=O) groups is 1. The molecule has 0 aliphatic carbocycles. The SMILES string of the molecule is CCCc1ccccc1NC(=O)c1ccccc1NS(=O)(=O)c1ccc(C)cc1. The zero-order valence-electron chi connectivity index (χ0n) is 16.5. The highest BCUT2D eigenvalue weighted by Crippen LogP contribution is 2.23. The van der Waals surface area contributed by atoms with E-state index in [9.17, 15) is 13.2 Å². The van der Waals surface area contributed by atoms with E-state index in [-0.39, 0.29) is 22.1 Å². The fourth-order valence-electron chi connectivity index (χ4n) is 3.01. The zero-order chi connectivity index (χ0) is 20.9. The van der Waals surface area contributed by atoms with Crippen LogP contribution < -0.4 is 10.0 Å². The Hall–Kier alpha value is -3.12. The fraction of sp³-hybridized carbons (Fsp3) is 0.174. The number of carbonyl (C=O) groups excluding carboxylic acids is 1. The van der Waals surface area contributed by atoms with Crippen molar-refractivity contribution in [2.45, 2.75) is 31.6 Å². The maximum absolute atomic E-state index is 12.9. The molecule has 0 fully saturated rings. The van der Waals surface area contributed by atoms with Crippen LogP contribution in [-0.4, -0.2) is 14.3 Å². The summed E-state index contributed by atoms with van der Waals surface area (Å²) in [5.41, 5.74) is 3.24. The Kier molecular flexibility index (Phi) is 6.34. The van der Waals surface area contributed by atoms with Crippen LogP contribution in [0, 0.1) is 6.92 Å². The van der Waals surface area contributed by atoms with Crippen molar-refractivity contribution in [3.63, 3.8) is 0 Å². The summed E-state index contributed by atoms with van der Waals surface area (Å²) in [6.07, 6.45) is 1.80. The maximum atomic E-state index is 12.9. The van der Waals surface area contributed by atoms with Gasteiger partial charge in [0.1, 0.15) is 0 Å². The van der Waals surface area contributed by atoms with Gasteiger partial charge in [-0.1, -0.05) is 61.4 Å². The second kappa shape index (κ2) is 8.92. The summed E-state index contributed by atoms with van der Waals surface area (Å²) >= 11 is 0. The lowest BCUT2D eigenvalue weighted by Crippen LogP contribution is -2.19. The molecule has 6 heteroatoms. The van der Waals surface area contributed by atoms with E-state index in [0.717, 1.165) is 29.7 Å². The lowest BCUT2D eigenvalue weighted by molar-refractivity contribution is 0.102. The van der Waals surface area contributed by atoms with E-state index < -0.39 is 10.0 Å². The van der Waals surface area contributed by atoms with Crippen LogP contribution in [0.2, 0.25) is 0 Å². The Balaban J connectivity index is 1.87. The summed E-state index contributed by atoms with van der Waals surface area (Å²) in [6.45, 7) is 3.97. The minimum Gasteiger partial charge on any atom is -0.322 e. The van der Waals surface area contributed by atoms with Gasteiger partial charge in [0, 0.05) is 5.69 Å². The normalized spacial score (nSPS) is 11.1. The van der Waals surface area contributed by atoms with Crippen molar-refractivity contribution in [2.75, 3.05) is 10.0 Å². The van der Waals surface area contributed by atoms with Crippen LogP contribution >= 0.6 is 0 Å². The van der Waals surface area contributed by atoms with Crippen LogP contribution in [0.25, 0.3) is 0 Å². The zero-order valence-corrected chi connectivity index (χ0v) is 17.3. The number of anilines is 2. The molecule has 0 saturated heterocycles. The number of sulfonamides is 1. The molecule has 0 heterocycles. The van der Waals surface area contributed by atoms with Gasteiger partial charge in [-0.15, -0.1) is 0 Å². The van der Waals surface area contributed by atoms with Crippen molar-refractivity contribution in [1.29, 1.82) is 0 Å². The summed E-state index contributed by atoms with van der Waals surface area (Å²) in [7, 11) is -3.81. The first-order chi connectivity index (χ1) is 13.9. The highest BCUT2D eigenvalue weighted by molar-refractivity contribution is 7.92. The largest absolute Gasteiger partial charge is 0.322 e. The van der Waals surface area contributed by atoms with Gasteiger partial charge in [0.05, 0.1) is 16.1 Å². The van der Waals surface area contributed by atoms with Crippen molar-refractivity contribution in [1.82, 2.24) is 0 Å². The third-order valence-electron chi connectivity index (χ3n) is 4.53. The predicted octanol–water partition coefficient (Wildman–Crippen LogP) is 5.00. The van der Waals surface area contributed by atoms with Gasteiger partial charge < -0.3 is 5.32 Å². The number of nitrogens with one attached hydrogen (secondary N) is 2. The third-order valence-corrected chi connectivity index (χ3v) is 5.91. The van der Waals surface area contributed by atoms with E-state index in [4.69, 9.17) is 0 Å². The number of para-hydroxylation sites is 2. The van der Waals surface area contributed by atoms with Gasteiger partial charge in [-0.05, 0) is 49.2 Å². The molecular weight excluding hydrogens is 384 g/mol. The molecule has 0 aliphatic heterocycles. The summed E-state index contributed by atoms with van der Waals surface area (Å²) in [5.74, 6) is -0.365. The van der Waals surface area contributed by atoms with Gasteiger partial charge in [0.2, 0.25) is 0 Å². The molecule has 0 radical (unpaired) electrons. The Labute approximate surface area is 171 Å². The molecular formula is C23H24N2O3S. The van der Waals surface area contributed by atoms with Crippen LogP contribution in [0.3, 0.4) is 0 Å². The standard InChI is InChI=1S/C23H24N2O3S/c1-3-8-18-9-4-6-11-21(18)24-23(26)20-10-5-7-12-22(20)25-29(27,28)19-15-13-17(2)14-16-19/h4-7,9-16,25H,3,8H2,1-2H3,(H,24,26). The molecule has 0 atom stereocenters. The van der Waals surface area contributed by atoms with Crippen LogP contribution in [0.15, 0.2) is 77.7 Å². The monoisotopic (exact) mass is 408 g/mol. The molecule has 0 unspecified atom stereocenters. The van der Waals surface area contributed by atoms with E-state index in [0.29, 0.717) is 0 Å². The number of benzene rings is 3. The molecule has 3 rings (SSSR count). The van der Waals surface area contributed by atoms with Gasteiger partial charge in [0.15, 0.2) is 0 Å². The molecule has 0 bridgehead atoms. The number of rotatable bonds is 7. The highest BCUT2D eigenvalue weighted by Gasteiger charge is 2.19. The predicted molar refractivity (Wildman–Crippen MR) is 117 cm³/mol. The van der Waals surface area contributed by atoms with Gasteiger partial charge in [-0.25, -0.2) is 8.42 Å². The quantitative estimate of drug-likeness (QED) is 0.578. The van der Waals surface area contributed by atoms with Gasteiger partial charge >= 0.3 is 0 Å². The fourth-order valence-corrected chi connectivity index (χ4v) is 4.09. The molecule has 150 valence electrons. The second-order valence-electron chi connectivity index (χ2n) is 6.83. The van der Waals surface area contributed by atoms with E-state index in [1.54, 1.807) is 48.5 Å². The van der Waals surface area contributed by atoms with Crippen LogP contribution in [0.4, 0.5) is 11.4 Å². The van der Waals surface area contributed by atoms with Crippen LogP contribution in [0.1, 0.15) is 34.8 Å². The molecule has 0 saturated carbocycles. The summed E-state index contributed by atoms with van der Waals surface area (Å²) in [4.78, 5) is 13.1. The van der Waals surface area contributed by atoms with Gasteiger partial charge in [-0.3, -0.25) is 9.52 Å². The first kappa shape index (κ1) is 20.6. The van der Waals surface area contributed by atoms with E-state index in [2.05, 4.69) is 17.0 Å². The third kappa shape index (κ3) is 5.03. The molecule has 3 aromatic rings. The lowest BCUT2D eigenvalue weighted by Gasteiger charge is -2.14. The Morgan fingerprint density at radius 1 is 0.862 bits per heavy atom. The van der Waals surface area contributed by atoms with E-state index in [1.165, 1.54) is 0 Å². The topological polar surface area (TPSA) is 75.3 Å². The molecule has 5 nitrogen and oxygen atoms in total. The Morgan fingerprint density at radius 3 is 2.17 bits per heavy atom. The van der Waals surface area contributed by atoms with E-state index >= 15 is 0 Å². The van der Waals surface area contributed by atoms with Crippen LogP contribution in [0.5, 0.6) is 0 Å². The molecule has 1 amide bonds. The summed E-state index contributed by atoms with van der Waals surface area (Å²) in [5, 5.41) is 2.91. The molecule has 0 aliphatic rings. The molecule has 0 aromatic heterocycles. The first-order valence-corrected chi connectivity index (χ1v) is 11.0. The summed E-state index contributed by atoms with van der Waals surface area (Å²) < 4.78 is 28.0. The lowest BCUT2D eigenvalue weighted by atomic mass is 10.1. The number of hydrogen-bond acceptors (Lipinski definition) is 3. The molecule has 2 N–H and O–H groups in total. The molecule has 29 heavy (non-hydrogen) atoms. The minimum atomic E-state index is -3.81. The Bertz CT molecular complexity index is 1110. The molecule has 3 aromatic carbocycles. The van der Waals surface area contributed by atoms with Gasteiger partial charge in [-0.2, -0.15) is 0 Å². The van der Waals surface area contributed by atoms with Crippen molar-refractivity contribution >= 4 is 27.3 Å². The summed E-state index contributed by atoms with van der Waals surface area (Å²) in [6, 6.07) is 20.8. The van der Waals surface area contributed by atoms with Crippen LogP contribution in [-0.2, 0) is 16.4 Å². The number of aryl methyl sites for hydroxylation is 2. The minimum absolute atomic E-state index is 0.145. The van der Waals surface area contributed by atoms with Crippen molar-refractivity contribution < 1.29 is 13.2 Å². The average molecular weight is 409 g/mol. The van der Waals surface area contributed by atoms with E-state index in [1.807, 2.05) is 31.2 Å². The second-order valence-corrected chi connectivity index (χ2v) is 8.51. The number of amides is 1. The van der Waals surface area contributed by atoms with Crippen molar-refractivity contribution in [3.05, 3.63) is 89.5 Å². The Morgan fingerprint density at radius 2 is 1.48 bits per heavy atom. The average Bonchev–Trinajstić information content (AvgIpc) is 2.70. The smallest absolute Gasteiger partial charge is 0.261 e.